The summed E-state index contributed by atoms with van der Waals surface area (Å²) in [5.41, 5.74) is 2.24. The quantitative estimate of drug-likeness (QED) is 0.659. The molecule has 4 nitrogen and oxygen atoms in total. The molecule has 25 heavy (non-hydrogen) atoms. The Morgan fingerprint density at radius 3 is 2.24 bits per heavy atom. The van der Waals surface area contributed by atoms with Crippen LogP contribution in [-0.4, -0.2) is 19.2 Å². The van der Waals surface area contributed by atoms with Gasteiger partial charge in [-0.15, -0.1) is 11.3 Å². The Morgan fingerprint density at radius 1 is 0.920 bits per heavy atom. The Hall–Kier alpha value is -2.02. The highest BCUT2D eigenvalue weighted by Gasteiger charge is 2.12. The number of rotatable bonds is 8. The van der Waals surface area contributed by atoms with Crippen molar-refractivity contribution < 1.29 is 8.42 Å². The van der Waals surface area contributed by atoms with Crippen LogP contribution >= 0.6 is 11.3 Å². The third-order valence-electron chi connectivity index (χ3n) is 3.77. The minimum Gasteiger partial charge on any atom is -0.248 e. The van der Waals surface area contributed by atoms with Crippen LogP contribution in [0.5, 0.6) is 0 Å². The fraction of sp³-hybridized carbons (Fsp3) is 0.211. The lowest BCUT2D eigenvalue weighted by atomic mass is 10.1. The summed E-state index contributed by atoms with van der Waals surface area (Å²) < 4.78 is 26.9. The summed E-state index contributed by atoms with van der Waals surface area (Å²) in [6, 6.07) is 19.8. The fourth-order valence-electron chi connectivity index (χ4n) is 2.45. The van der Waals surface area contributed by atoms with E-state index in [9.17, 15) is 8.42 Å². The Morgan fingerprint density at radius 2 is 1.56 bits per heavy atom. The van der Waals surface area contributed by atoms with Crippen LogP contribution < -0.4 is 4.72 Å². The minimum absolute atomic E-state index is 0.0826. The third kappa shape index (κ3) is 5.77. The Balaban J connectivity index is 1.51. The van der Waals surface area contributed by atoms with Crippen molar-refractivity contribution in [3.05, 3.63) is 87.9 Å². The van der Waals surface area contributed by atoms with Gasteiger partial charge in [0.1, 0.15) is 5.01 Å². The fourth-order valence-corrected chi connectivity index (χ4v) is 4.44. The molecule has 3 rings (SSSR count). The van der Waals surface area contributed by atoms with Crippen molar-refractivity contribution in [3.8, 4) is 0 Å². The number of aryl methyl sites for hydroxylation is 1. The van der Waals surface area contributed by atoms with Gasteiger partial charge in [-0.25, -0.2) is 18.1 Å². The van der Waals surface area contributed by atoms with E-state index in [1.165, 1.54) is 5.56 Å². The normalized spacial score (nSPS) is 11.5. The highest BCUT2D eigenvalue weighted by molar-refractivity contribution is 7.89. The smallest absolute Gasteiger partial charge is 0.212 e. The average Bonchev–Trinajstić information content (AvgIpc) is 3.08. The number of sulfonamides is 1. The van der Waals surface area contributed by atoms with Gasteiger partial charge in [0, 0.05) is 17.5 Å². The van der Waals surface area contributed by atoms with Gasteiger partial charge in [-0.1, -0.05) is 60.7 Å². The molecule has 0 aliphatic heterocycles. The molecule has 1 aromatic heterocycles. The van der Waals surface area contributed by atoms with Gasteiger partial charge in [0.15, 0.2) is 0 Å². The topological polar surface area (TPSA) is 59.1 Å². The Bertz CT molecular complexity index is 891. The molecule has 0 aliphatic rings. The standard InChI is InChI=1S/C19H20N2O2S2/c22-25(23,12-11-16-7-3-1-4-8-16)21-15-19-20-14-18(24-19)13-17-9-5-2-6-10-17/h1-10,14,21H,11-13,15H2. The Labute approximate surface area is 152 Å². The van der Waals surface area contributed by atoms with Crippen LogP contribution in [-0.2, 0) is 29.4 Å². The second kappa shape index (κ2) is 8.38. The summed E-state index contributed by atoms with van der Waals surface area (Å²) in [4.78, 5) is 5.45. The predicted octanol–water partition coefficient (Wildman–Crippen LogP) is 3.40. The van der Waals surface area contributed by atoms with E-state index >= 15 is 0 Å². The molecule has 1 heterocycles. The summed E-state index contributed by atoms with van der Waals surface area (Å²) in [5.74, 6) is 0.0826. The van der Waals surface area contributed by atoms with E-state index in [0.29, 0.717) is 6.42 Å². The van der Waals surface area contributed by atoms with Crippen molar-refractivity contribution in [1.82, 2.24) is 9.71 Å². The lowest BCUT2D eigenvalue weighted by molar-refractivity contribution is 0.580. The van der Waals surface area contributed by atoms with E-state index in [1.807, 2.05) is 54.7 Å². The molecule has 0 bridgehead atoms. The van der Waals surface area contributed by atoms with Crippen molar-refractivity contribution in [2.75, 3.05) is 5.75 Å². The molecular weight excluding hydrogens is 352 g/mol. The maximum atomic E-state index is 12.1. The van der Waals surface area contributed by atoms with Crippen LogP contribution in [0.4, 0.5) is 0 Å². The summed E-state index contributed by atoms with van der Waals surface area (Å²) in [6.07, 6.45) is 3.15. The van der Waals surface area contributed by atoms with Gasteiger partial charge in [0.25, 0.3) is 0 Å². The Kier molecular flexibility index (Phi) is 5.96. The van der Waals surface area contributed by atoms with E-state index in [0.717, 1.165) is 21.9 Å². The second-order valence-corrected chi connectivity index (χ2v) is 8.88. The van der Waals surface area contributed by atoms with Gasteiger partial charge < -0.3 is 0 Å². The zero-order valence-corrected chi connectivity index (χ0v) is 15.4. The number of hydrogen-bond acceptors (Lipinski definition) is 4. The predicted molar refractivity (Wildman–Crippen MR) is 102 cm³/mol. The van der Waals surface area contributed by atoms with Gasteiger partial charge in [-0.05, 0) is 17.5 Å². The molecule has 1 N–H and O–H groups in total. The van der Waals surface area contributed by atoms with Crippen LogP contribution in [0.3, 0.4) is 0 Å². The molecule has 3 aromatic rings. The van der Waals surface area contributed by atoms with Crippen molar-refractivity contribution in [3.63, 3.8) is 0 Å². The molecule has 0 atom stereocenters. The molecule has 0 spiro atoms. The average molecular weight is 373 g/mol. The van der Waals surface area contributed by atoms with Crippen molar-refractivity contribution in [1.29, 1.82) is 0 Å². The molecule has 2 aromatic carbocycles. The number of hydrogen-bond donors (Lipinski definition) is 1. The number of benzene rings is 2. The first-order chi connectivity index (χ1) is 12.1. The minimum atomic E-state index is -3.31. The molecule has 0 saturated carbocycles. The summed E-state index contributed by atoms with van der Waals surface area (Å²) in [6.45, 7) is 0.247. The lowest BCUT2D eigenvalue weighted by Gasteiger charge is -2.05. The van der Waals surface area contributed by atoms with Gasteiger partial charge in [0.05, 0.1) is 12.3 Å². The van der Waals surface area contributed by atoms with Gasteiger partial charge in [-0.2, -0.15) is 0 Å². The highest BCUT2D eigenvalue weighted by Crippen LogP contribution is 2.17. The van der Waals surface area contributed by atoms with Crippen molar-refractivity contribution in [2.45, 2.75) is 19.4 Å². The molecule has 0 unspecified atom stereocenters. The molecule has 0 radical (unpaired) electrons. The van der Waals surface area contributed by atoms with Gasteiger partial charge in [-0.3, -0.25) is 0 Å². The van der Waals surface area contributed by atoms with Crippen LogP contribution in [0.15, 0.2) is 66.9 Å². The largest absolute Gasteiger partial charge is 0.248 e. The van der Waals surface area contributed by atoms with Crippen molar-refractivity contribution >= 4 is 21.4 Å². The maximum Gasteiger partial charge on any atom is 0.212 e. The summed E-state index contributed by atoms with van der Waals surface area (Å²) >= 11 is 1.54. The number of aromatic nitrogens is 1. The van der Waals surface area contributed by atoms with Crippen LogP contribution in [0.1, 0.15) is 21.0 Å². The number of thiazole rings is 1. The van der Waals surface area contributed by atoms with Crippen LogP contribution in [0.2, 0.25) is 0 Å². The molecule has 0 aliphatic carbocycles. The lowest BCUT2D eigenvalue weighted by Crippen LogP contribution is -2.26. The summed E-state index contributed by atoms with van der Waals surface area (Å²) in [5, 5.41) is 0.786. The third-order valence-corrected chi connectivity index (χ3v) is 6.09. The summed E-state index contributed by atoms with van der Waals surface area (Å²) in [7, 11) is -3.31. The highest BCUT2D eigenvalue weighted by atomic mass is 32.2. The van der Waals surface area contributed by atoms with Crippen LogP contribution in [0, 0.1) is 0 Å². The molecule has 130 valence electrons. The molecular formula is C19H20N2O2S2. The van der Waals surface area contributed by atoms with E-state index in [2.05, 4.69) is 21.8 Å². The number of nitrogens with zero attached hydrogens (tertiary/aromatic N) is 1. The first-order valence-corrected chi connectivity index (χ1v) is 10.6. The molecule has 6 heteroatoms. The second-order valence-electron chi connectivity index (χ2n) is 5.76. The maximum absolute atomic E-state index is 12.1. The molecule has 0 saturated heterocycles. The van der Waals surface area contributed by atoms with E-state index in [1.54, 1.807) is 11.3 Å². The van der Waals surface area contributed by atoms with Gasteiger partial charge >= 0.3 is 0 Å². The zero-order chi connectivity index (χ0) is 17.5. The van der Waals surface area contributed by atoms with Gasteiger partial charge in [0.2, 0.25) is 10.0 Å². The zero-order valence-electron chi connectivity index (χ0n) is 13.8. The molecule has 0 amide bonds. The number of nitrogens with one attached hydrogen (secondary N) is 1. The monoisotopic (exact) mass is 372 g/mol. The van der Waals surface area contributed by atoms with Crippen molar-refractivity contribution in [2.24, 2.45) is 0 Å². The van der Waals surface area contributed by atoms with E-state index < -0.39 is 10.0 Å². The van der Waals surface area contributed by atoms with E-state index in [4.69, 9.17) is 0 Å². The molecule has 0 fully saturated rings. The first kappa shape index (κ1) is 17.8. The van der Waals surface area contributed by atoms with E-state index in [-0.39, 0.29) is 12.3 Å². The SMILES string of the molecule is O=S(=O)(CCc1ccccc1)NCc1ncc(Cc2ccccc2)s1. The first-order valence-electron chi connectivity index (χ1n) is 8.09. The van der Waals surface area contributed by atoms with Crippen LogP contribution in [0.25, 0.3) is 0 Å².